The number of benzene rings is 1. The molecule has 1 heterocycles. The number of nitrogens with zero attached hydrogens (tertiary/aromatic N) is 3. The number of nitroso groups, excluding NO2 is 2. The SMILES string of the molecule is CC1(C)C(N=O)C(N=O)C(C)(C)N1C(=O)c1ccccc1. The maximum atomic E-state index is 12.8. The number of likely N-dealkylation sites (tertiary alicyclic amines) is 1. The minimum Gasteiger partial charge on any atom is -0.324 e. The molecule has 0 N–H and O–H groups in total. The van der Waals surface area contributed by atoms with Gasteiger partial charge in [-0.2, -0.15) is 9.81 Å². The Balaban J connectivity index is 2.53. The van der Waals surface area contributed by atoms with Crippen LogP contribution in [0.1, 0.15) is 38.1 Å². The summed E-state index contributed by atoms with van der Waals surface area (Å²) >= 11 is 0. The van der Waals surface area contributed by atoms with E-state index in [1.54, 1.807) is 56.9 Å². The van der Waals surface area contributed by atoms with Crippen molar-refractivity contribution in [3.8, 4) is 0 Å². The summed E-state index contributed by atoms with van der Waals surface area (Å²) in [4.78, 5) is 36.8. The summed E-state index contributed by atoms with van der Waals surface area (Å²) in [5, 5.41) is 6.15. The maximum Gasteiger partial charge on any atom is 0.254 e. The van der Waals surface area contributed by atoms with E-state index in [1.807, 2.05) is 6.07 Å². The van der Waals surface area contributed by atoms with Crippen LogP contribution >= 0.6 is 0 Å². The van der Waals surface area contributed by atoms with E-state index in [4.69, 9.17) is 0 Å². The Hall–Kier alpha value is -2.11. The van der Waals surface area contributed by atoms with Crippen LogP contribution in [0.2, 0.25) is 0 Å². The summed E-state index contributed by atoms with van der Waals surface area (Å²) in [6, 6.07) is 7.06. The molecule has 1 aromatic carbocycles. The molecule has 0 saturated carbocycles. The van der Waals surface area contributed by atoms with Crippen LogP contribution in [0.4, 0.5) is 0 Å². The molecule has 1 amide bonds. The van der Waals surface area contributed by atoms with Gasteiger partial charge in [-0.25, -0.2) is 0 Å². The smallest absolute Gasteiger partial charge is 0.254 e. The highest BCUT2D eigenvalue weighted by atomic mass is 16.3. The van der Waals surface area contributed by atoms with E-state index in [9.17, 15) is 14.6 Å². The highest BCUT2D eigenvalue weighted by Crippen LogP contribution is 2.45. The average Bonchev–Trinajstić information content (AvgIpc) is 2.59. The lowest BCUT2D eigenvalue weighted by Gasteiger charge is -2.40. The fourth-order valence-electron chi connectivity index (χ4n) is 3.39. The lowest BCUT2D eigenvalue weighted by molar-refractivity contribution is 0.0404. The largest absolute Gasteiger partial charge is 0.324 e. The minimum absolute atomic E-state index is 0.231. The second-order valence-electron chi connectivity index (χ2n) is 6.41. The van der Waals surface area contributed by atoms with Crippen molar-refractivity contribution < 1.29 is 4.79 Å². The van der Waals surface area contributed by atoms with Crippen LogP contribution in [-0.2, 0) is 0 Å². The molecule has 1 aromatic rings. The van der Waals surface area contributed by atoms with E-state index >= 15 is 0 Å². The highest BCUT2D eigenvalue weighted by Gasteiger charge is 2.62. The Kier molecular flexibility index (Phi) is 3.65. The van der Waals surface area contributed by atoms with Crippen molar-refractivity contribution in [1.29, 1.82) is 0 Å². The molecule has 1 fully saturated rings. The van der Waals surface area contributed by atoms with Crippen LogP contribution in [0.15, 0.2) is 40.7 Å². The highest BCUT2D eigenvalue weighted by molar-refractivity contribution is 5.95. The van der Waals surface area contributed by atoms with Crippen LogP contribution in [0.3, 0.4) is 0 Å². The van der Waals surface area contributed by atoms with Gasteiger partial charge in [0.15, 0.2) is 0 Å². The van der Waals surface area contributed by atoms with Gasteiger partial charge >= 0.3 is 0 Å². The molecule has 21 heavy (non-hydrogen) atoms. The number of carbonyl (C=O) groups is 1. The topological polar surface area (TPSA) is 79.2 Å². The first-order valence-corrected chi connectivity index (χ1v) is 6.83. The van der Waals surface area contributed by atoms with Crippen molar-refractivity contribution in [1.82, 2.24) is 4.90 Å². The van der Waals surface area contributed by atoms with Gasteiger partial charge in [0, 0.05) is 5.56 Å². The van der Waals surface area contributed by atoms with E-state index in [1.165, 1.54) is 0 Å². The Morgan fingerprint density at radius 2 is 1.38 bits per heavy atom. The monoisotopic (exact) mass is 289 g/mol. The first-order chi connectivity index (χ1) is 9.78. The molecule has 112 valence electrons. The van der Waals surface area contributed by atoms with Crippen LogP contribution in [0.25, 0.3) is 0 Å². The molecule has 0 radical (unpaired) electrons. The normalized spacial score (nSPS) is 26.4. The van der Waals surface area contributed by atoms with Gasteiger partial charge < -0.3 is 4.90 Å². The summed E-state index contributed by atoms with van der Waals surface area (Å²) in [6.45, 7) is 6.97. The van der Waals surface area contributed by atoms with Crippen molar-refractivity contribution in [2.45, 2.75) is 50.9 Å². The Bertz CT molecular complexity index is 543. The summed E-state index contributed by atoms with van der Waals surface area (Å²) in [5.74, 6) is -0.231. The molecular formula is C15H19N3O3. The average molecular weight is 289 g/mol. The summed E-state index contributed by atoms with van der Waals surface area (Å²) in [5.41, 5.74) is -1.25. The van der Waals surface area contributed by atoms with Gasteiger partial charge in [-0.3, -0.25) is 4.79 Å². The summed E-state index contributed by atoms with van der Waals surface area (Å²) in [7, 11) is 0. The summed E-state index contributed by atoms with van der Waals surface area (Å²) < 4.78 is 0. The number of carbonyl (C=O) groups excluding carboxylic acids is 1. The quantitative estimate of drug-likeness (QED) is 0.802. The molecule has 6 nitrogen and oxygen atoms in total. The van der Waals surface area contributed by atoms with E-state index in [0.29, 0.717) is 5.56 Å². The lowest BCUT2D eigenvalue weighted by atomic mass is 9.90. The van der Waals surface area contributed by atoms with Crippen molar-refractivity contribution in [3.63, 3.8) is 0 Å². The molecule has 0 aromatic heterocycles. The molecule has 2 unspecified atom stereocenters. The number of rotatable bonds is 3. The second-order valence-corrected chi connectivity index (χ2v) is 6.41. The number of hydrogen-bond donors (Lipinski definition) is 0. The Labute approximate surface area is 123 Å². The summed E-state index contributed by atoms with van der Waals surface area (Å²) in [6.07, 6.45) is 0. The van der Waals surface area contributed by atoms with Crippen molar-refractivity contribution in [3.05, 3.63) is 45.7 Å². The molecule has 2 atom stereocenters. The van der Waals surface area contributed by atoms with Gasteiger partial charge in [-0.15, -0.1) is 0 Å². The van der Waals surface area contributed by atoms with E-state index in [2.05, 4.69) is 10.4 Å². The van der Waals surface area contributed by atoms with Gasteiger partial charge in [-0.05, 0) is 39.8 Å². The molecule has 1 saturated heterocycles. The van der Waals surface area contributed by atoms with Crippen LogP contribution in [-0.4, -0.2) is 34.0 Å². The van der Waals surface area contributed by atoms with Gasteiger partial charge in [0.05, 0.1) is 11.1 Å². The van der Waals surface area contributed by atoms with Gasteiger partial charge in [0.2, 0.25) is 0 Å². The molecule has 1 aliphatic rings. The minimum atomic E-state index is -0.878. The molecule has 1 aliphatic heterocycles. The molecule has 0 spiro atoms. The fourth-order valence-corrected chi connectivity index (χ4v) is 3.39. The van der Waals surface area contributed by atoms with E-state index < -0.39 is 23.2 Å². The molecule has 2 rings (SSSR count). The zero-order chi connectivity index (χ0) is 15.8. The third-order valence-electron chi connectivity index (χ3n) is 4.35. The van der Waals surface area contributed by atoms with Crippen molar-refractivity contribution in [2.75, 3.05) is 0 Å². The lowest BCUT2D eigenvalue weighted by Crippen LogP contribution is -2.54. The third-order valence-corrected chi connectivity index (χ3v) is 4.35. The predicted octanol–water partition coefficient (Wildman–Crippen LogP) is 2.97. The maximum absolute atomic E-state index is 12.8. The standard InChI is InChI=1S/C15H19N3O3/c1-14(2)11(16-20)12(17-21)15(3,4)18(14)13(19)10-8-6-5-7-9-10/h5-9,11-12H,1-4H3. The van der Waals surface area contributed by atoms with Gasteiger partial charge in [0.25, 0.3) is 5.91 Å². The van der Waals surface area contributed by atoms with Crippen molar-refractivity contribution in [2.24, 2.45) is 10.4 Å². The zero-order valence-corrected chi connectivity index (χ0v) is 12.6. The van der Waals surface area contributed by atoms with Crippen molar-refractivity contribution >= 4 is 5.91 Å². The first kappa shape index (κ1) is 15.3. The molecule has 0 bridgehead atoms. The van der Waals surface area contributed by atoms with E-state index in [0.717, 1.165) is 0 Å². The van der Waals surface area contributed by atoms with Crippen LogP contribution in [0, 0.1) is 9.81 Å². The zero-order valence-electron chi connectivity index (χ0n) is 12.6. The van der Waals surface area contributed by atoms with E-state index in [-0.39, 0.29) is 5.91 Å². The Morgan fingerprint density at radius 3 is 1.76 bits per heavy atom. The molecule has 6 heteroatoms. The van der Waals surface area contributed by atoms with Crippen LogP contribution in [0.5, 0.6) is 0 Å². The number of hydrogen-bond acceptors (Lipinski definition) is 5. The molecular weight excluding hydrogens is 270 g/mol. The Morgan fingerprint density at radius 1 is 0.952 bits per heavy atom. The first-order valence-electron chi connectivity index (χ1n) is 6.83. The molecule has 0 aliphatic carbocycles. The predicted molar refractivity (Wildman–Crippen MR) is 79.9 cm³/mol. The second kappa shape index (κ2) is 5.02. The number of amides is 1. The fraction of sp³-hybridized carbons (Fsp3) is 0.533. The van der Waals surface area contributed by atoms with Gasteiger partial charge in [-0.1, -0.05) is 28.6 Å². The van der Waals surface area contributed by atoms with Gasteiger partial charge in [0.1, 0.15) is 12.1 Å². The van der Waals surface area contributed by atoms with Crippen LogP contribution < -0.4 is 0 Å². The third kappa shape index (κ3) is 2.14.